The van der Waals surface area contributed by atoms with Crippen LogP contribution in [0.25, 0.3) is 5.65 Å². The summed E-state index contributed by atoms with van der Waals surface area (Å²) < 4.78 is 52.4. The monoisotopic (exact) mass is 434 g/mol. The van der Waals surface area contributed by atoms with E-state index in [2.05, 4.69) is 15.0 Å². The highest BCUT2D eigenvalue weighted by atomic mass is 19.4. The van der Waals surface area contributed by atoms with Crippen LogP contribution in [0.3, 0.4) is 0 Å². The number of aryl methyl sites for hydroxylation is 1. The number of methoxy groups -OCH3 is 2. The van der Waals surface area contributed by atoms with Gasteiger partial charge >= 0.3 is 6.18 Å². The Morgan fingerprint density at radius 3 is 2.55 bits per heavy atom. The quantitative estimate of drug-likeness (QED) is 0.565. The average molecular weight is 434 g/mol. The van der Waals surface area contributed by atoms with E-state index in [1.165, 1.54) is 0 Å². The Bertz CT molecular complexity index is 1080. The van der Waals surface area contributed by atoms with Crippen LogP contribution in [0.2, 0.25) is 0 Å². The van der Waals surface area contributed by atoms with Crippen LogP contribution in [0.1, 0.15) is 48.5 Å². The number of nitrogens with zero attached hydrogens (tertiary/aromatic N) is 4. The fraction of sp³-hybridized carbons (Fsp3) is 0.455. The van der Waals surface area contributed by atoms with E-state index in [4.69, 9.17) is 9.47 Å². The third-order valence-corrected chi connectivity index (χ3v) is 5.69. The second kappa shape index (κ2) is 8.37. The standard InChI is InChI=1S/C22H25F3N4O2/c1-4-15-11-20(22(23,24)25)29-21(26-15)12-16(27-29)17-6-5-9-28(17)13-14-7-8-18(30-2)19(10-14)31-3/h7-8,10-12,17H,4-6,9,13H2,1-3H3. The van der Waals surface area contributed by atoms with Crippen molar-refractivity contribution in [3.63, 3.8) is 0 Å². The van der Waals surface area contributed by atoms with Gasteiger partial charge in [-0.3, -0.25) is 4.90 Å². The Hall–Kier alpha value is -2.81. The van der Waals surface area contributed by atoms with E-state index in [0.717, 1.165) is 35.5 Å². The fourth-order valence-electron chi connectivity index (χ4n) is 4.15. The van der Waals surface area contributed by atoms with Crippen LogP contribution >= 0.6 is 0 Å². The zero-order valence-corrected chi connectivity index (χ0v) is 17.7. The zero-order chi connectivity index (χ0) is 22.2. The molecular weight excluding hydrogens is 409 g/mol. The summed E-state index contributed by atoms with van der Waals surface area (Å²) in [6.45, 7) is 3.27. The maximum atomic E-state index is 13.6. The van der Waals surface area contributed by atoms with Gasteiger partial charge in [0.15, 0.2) is 17.1 Å². The molecule has 0 saturated carbocycles. The number of fused-ring (bicyclic) bond motifs is 1. The van der Waals surface area contributed by atoms with E-state index in [0.29, 0.717) is 35.9 Å². The van der Waals surface area contributed by atoms with Gasteiger partial charge < -0.3 is 9.47 Å². The molecular formula is C22H25F3N4O2. The summed E-state index contributed by atoms with van der Waals surface area (Å²) in [4.78, 5) is 6.60. The summed E-state index contributed by atoms with van der Waals surface area (Å²) in [6, 6.07) is 8.45. The van der Waals surface area contributed by atoms with E-state index < -0.39 is 11.9 Å². The smallest absolute Gasteiger partial charge is 0.433 e. The van der Waals surface area contributed by atoms with Crippen molar-refractivity contribution in [3.05, 3.63) is 53.0 Å². The van der Waals surface area contributed by atoms with E-state index in [1.807, 2.05) is 18.2 Å². The third kappa shape index (κ3) is 4.19. The number of alkyl halides is 3. The minimum atomic E-state index is -4.50. The van der Waals surface area contributed by atoms with Crippen molar-refractivity contribution in [3.8, 4) is 11.5 Å². The number of hydrogen-bond donors (Lipinski definition) is 0. The Labute approximate surface area is 178 Å². The Balaban J connectivity index is 1.66. The molecule has 1 aromatic carbocycles. The van der Waals surface area contributed by atoms with Crippen LogP contribution in [0.15, 0.2) is 30.3 Å². The molecule has 4 rings (SSSR count). The molecule has 1 atom stereocenters. The largest absolute Gasteiger partial charge is 0.493 e. The molecule has 0 aliphatic carbocycles. The van der Waals surface area contributed by atoms with Crippen LogP contribution < -0.4 is 9.47 Å². The average Bonchev–Trinajstić information content (AvgIpc) is 3.38. The Kier molecular flexibility index (Phi) is 5.79. The van der Waals surface area contributed by atoms with Gasteiger partial charge in [0.2, 0.25) is 0 Å². The molecule has 9 heteroatoms. The molecule has 2 aromatic heterocycles. The SMILES string of the molecule is CCc1cc(C(F)(F)F)n2nc(C3CCCN3Cc3ccc(OC)c(OC)c3)cc2n1. The van der Waals surface area contributed by atoms with Gasteiger partial charge in [0.1, 0.15) is 5.69 Å². The molecule has 166 valence electrons. The zero-order valence-electron chi connectivity index (χ0n) is 17.7. The summed E-state index contributed by atoms with van der Waals surface area (Å²) in [7, 11) is 3.18. The number of hydrogen-bond acceptors (Lipinski definition) is 5. The predicted octanol–water partition coefficient (Wildman–Crippen LogP) is 4.66. The topological polar surface area (TPSA) is 51.9 Å². The van der Waals surface area contributed by atoms with E-state index in [1.54, 1.807) is 27.2 Å². The number of benzene rings is 1. The van der Waals surface area contributed by atoms with Crippen LogP contribution in [0, 0.1) is 0 Å². The van der Waals surface area contributed by atoms with Gasteiger partial charge in [0, 0.05) is 18.3 Å². The van der Waals surface area contributed by atoms with Crippen LogP contribution in [-0.2, 0) is 19.1 Å². The van der Waals surface area contributed by atoms with Gasteiger partial charge in [0.05, 0.1) is 26.0 Å². The summed E-state index contributed by atoms with van der Waals surface area (Å²) in [5.74, 6) is 1.30. The van der Waals surface area contributed by atoms with Gasteiger partial charge in [-0.05, 0) is 49.6 Å². The molecule has 0 bridgehead atoms. The van der Waals surface area contributed by atoms with Crippen molar-refractivity contribution in [2.75, 3.05) is 20.8 Å². The minimum Gasteiger partial charge on any atom is -0.493 e. The normalized spacial score (nSPS) is 17.4. The molecule has 1 saturated heterocycles. The molecule has 0 amide bonds. The van der Waals surface area contributed by atoms with Crippen molar-refractivity contribution >= 4 is 5.65 Å². The number of likely N-dealkylation sites (tertiary alicyclic amines) is 1. The molecule has 1 fully saturated rings. The predicted molar refractivity (Wildman–Crippen MR) is 109 cm³/mol. The lowest BCUT2D eigenvalue weighted by molar-refractivity contribution is -0.142. The van der Waals surface area contributed by atoms with E-state index >= 15 is 0 Å². The van der Waals surface area contributed by atoms with Crippen molar-refractivity contribution in [1.29, 1.82) is 0 Å². The van der Waals surface area contributed by atoms with Crippen LogP contribution in [0.5, 0.6) is 11.5 Å². The second-order valence-corrected chi connectivity index (χ2v) is 7.64. The van der Waals surface area contributed by atoms with Gasteiger partial charge in [-0.25, -0.2) is 9.50 Å². The molecule has 6 nitrogen and oxygen atoms in total. The molecule has 0 radical (unpaired) electrons. The first-order valence-electron chi connectivity index (χ1n) is 10.3. The molecule has 31 heavy (non-hydrogen) atoms. The maximum absolute atomic E-state index is 13.6. The Morgan fingerprint density at radius 2 is 1.87 bits per heavy atom. The molecule has 1 aliphatic heterocycles. The highest BCUT2D eigenvalue weighted by molar-refractivity contribution is 5.44. The highest BCUT2D eigenvalue weighted by Gasteiger charge is 2.36. The van der Waals surface area contributed by atoms with Crippen molar-refractivity contribution in [2.45, 2.75) is 44.9 Å². The third-order valence-electron chi connectivity index (χ3n) is 5.69. The van der Waals surface area contributed by atoms with Crippen LogP contribution in [0.4, 0.5) is 13.2 Å². The minimum absolute atomic E-state index is 0.0686. The molecule has 3 heterocycles. The maximum Gasteiger partial charge on any atom is 0.433 e. The first-order chi connectivity index (χ1) is 14.8. The second-order valence-electron chi connectivity index (χ2n) is 7.64. The lowest BCUT2D eigenvalue weighted by atomic mass is 10.1. The van der Waals surface area contributed by atoms with Gasteiger partial charge in [-0.1, -0.05) is 13.0 Å². The van der Waals surface area contributed by atoms with Gasteiger partial charge in [-0.15, -0.1) is 0 Å². The molecule has 0 spiro atoms. The highest BCUT2D eigenvalue weighted by Crippen LogP contribution is 2.36. The van der Waals surface area contributed by atoms with Crippen LogP contribution in [-0.4, -0.2) is 40.3 Å². The van der Waals surface area contributed by atoms with Crippen molar-refractivity contribution in [1.82, 2.24) is 19.5 Å². The summed E-state index contributed by atoms with van der Waals surface area (Å²) in [6.07, 6.45) is -2.29. The molecule has 1 aliphatic rings. The van der Waals surface area contributed by atoms with Gasteiger partial charge in [-0.2, -0.15) is 18.3 Å². The van der Waals surface area contributed by atoms with Crippen molar-refractivity contribution < 1.29 is 22.6 Å². The first kappa shape index (κ1) is 21.4. The van der Waals surface area contributed by atoms with E-state index in [9.17, 15) is 13.2 Å². The lowest BCUT2D eigenvalue weighted by Crippen LogP contribution is -2.23. The number of halogens is 3. The molecule has 3 aromatic rings. The molecule has 0 N–H and O–H groups in total. The fourth-order valence-corrected chi connectivity index (χ4v) is 4.15. The van der Waals surface area contributed by atoms with Crippen molar-refractivity contribution in [2.24, 2.45) is 0 Å². The number of ether oxygens (including phenoxy) is 2. The van der Waals surface area contributed by atoms with E-state index in [-0.39, 0.29) is 11.7 Å². The van der Waals surface area contributed by atoms with Gasteiger partial charge in [0.25, 0.3) is 0 Å². The molecule has 1 unspecified atom stereocenters. The summed E-state index contributed by atoms with van der Waals surface area (Å²) in [5, 5.41) is 4.34. The number of aromatic nitrogens is 3. The lowest BCUT2D eigenvalue weighted by Gasteiger charge is -2.23. The summed E-state index contributed by atoms with van der Waals surface area (Å²) >= 11 is 0. The first-order valence-corrected chi connectivity index (χ1v) is 10.3. The number of rotatable bonds is 6. The summed E-state index contributed by atoms with van der Waals surface area (Å²) in [5.41, 5.74) is 1.50. The Morgan fingerprint density at radius 1 is 1.10 bits per heavy atom.